The van der Waals surface area contributed by atoms with E-state index in [0.29, 0.717) is 18.9 Å². The number of fused-ring (bicyclic) bond motifs is 1. The predicted molar refractivity (Wildman–Crippen MR) is 70.0 cm³/mol. The molecule has 7 heteroatoms. The number of carboxylic acid groups (broad SMARTS) is 1. The first-order valence-corrected chi connectivity index (χ1v) is 6.72. The van der Waals surface area contributed by atoms with Crippen molar-refractivity contribution < 1.29 is 23.4 Å². The van der Waals surface area contributed by atoms with Gasteiger partial charge in [0.05, 0.1) is 17.1 Å². The van der Waals surface area contributed by atoms with Gasteiger partial charge in [-0.2, -0.15) is 0 Å². The summed E-state index contributed by atoms with van der Waals surface area (Å²) in [5.41, 5.74) is 0.535. The van der Waals surface area contributed by atoms with Gasteiger partial charge in [0.25, 0.3) is 0 Å². The summed E-state index contributed by atoms with van der Waals surface area (Å²) >= 11 is 0. The molecule has 0 amide bonds. The number of aromatic nitrogens is 2. The topological polar surface area (TPSA) is 64.3 Å². The largest absolute Gasteiger partial charge is 0.480 e. The van der Waals surface area contributed by atoms with Crippen molar-refractivity contribution in [3.05, 3.63) is 29.6 Å². The van der Waals surface area contributed by atoms with Crippen molar-refractivity contribution >= 4 is 17.0 Å². The molecule has 1 atom stereocenters. The van der Waals surface area contributed by atoms with Gasteiger partial charge in [-0.25, -0.2) is 13.8 Å². The number of carboxylic acids is 1. The molecular formula is C14H14F2N2O3. The Balaban J connectivity index is 2.05. The molecule has 0 radical (unpaired) electrons. The standard InChI is InChI=1S/C14H14F2N2O3/c15-9-5-11-12(6-10(9)16)18(7-14(19)20)13(17-11)4-8-2-1-3-21-8/h5-6,8H,1-4,7H2,(H,19,20). The molecule has 1 fully saturated rings. The average molecular weight is 296 g/mol. The van der Waals surface area contributed by atoms with Crippen LogP contribution in [0.5, 0.6) is 0 Å². The van der Waals surface area contributed by atoms with Crippen LogP contribution in [0.3, 0.4) is 0 Å². The van der Waals surface area contributed by atoms with Crippen LogP contribution in [0, 0.1) is 11.6 Å². The SMILES string of the molecule is O=C(O)Cn1c(CC2CCCO2)nc2cc(F)c(F)cc21. The second-order valence-electron chi connectivity index (χ2n) is 5.10. The maximum atomic E-state index is 13.4. The van der Waals surface area contributed by atoms with Gasteiger partial charge in [0.15, 0.2) is 11.6 Å². The highest BCUT2D eigenvalue weighted by molar-refractivity contribution is 5.78. The van der Waals surface area contributed by atoms with E-state index >= 15 is 0 Å². The summed E-state index contributed by atoms with van der Waals surface area (Å²) in [6.45, 7) is 0.330. The highest BCUT2D eigenvalue weighted by Crippen LogP contribution is 2.23. The van der Waals surface area contributed by atoms with Gasteiger partial charge in [0.2, 0.25) is 0 Å². The zero-order valence-electron chi connectivity index (χ0n) is 11.2. The lowest BCUT2D eigenvalue weighted by molar-refractivity contribution is -0.137. The van der Waals surface area contributed by atoms with Crippen molar-refractivity contribution in [2.75, 3.05) is 6.61 Å². The number of imidazole rings is 1. The van der Waals surface area contributed by atoms with Crippen LogP contribution in [0.25, 0.3) is 11.0 Å². The monoisotopic (exact) mass is 296 g/mol. The van der Waals surface area contributed by atoms with Crippen LogP contribution in [0.2, 0.25) is 0 Å². The molecule has 2 heterocycles. The molecule has 3 rings (SSSR count). The van der Waals surface area contributed by atoms with E-state index in [-0.39, 0.29) is 23.7 Å². The fourth-order valence-electron chi connectivity index (χ4n) is 2.65. The first-order chi connectivity index (χ1) is 10.0. The third kappa shape index (κ3) is 2.73. The van der Waals surface area contributed by atoms with Crippen molar-refractivity contribution in [3.8, 4) is 0 Å². The number of aliphatic carboxylic acids is 1. The summed E-state index contributed by atoms with van der Waals surface area (Å²) in [5.74, 6) is -2.60. The summed E-state index contributed by atoms with van der Waals surface area (Å²) in [5, 5.41) is 9.01. The molecule has 1 aromatic heterocycles. The quantitative estimate of drug-likeness (QED) is 0.938. The minimum absolute atomic E-state index is 0.0240. The fraction of sp³-hybridized carbons (Fsp3) is 0.429. The van der Waals surface area contributed by atoms with Crippen molar-refractivity contribution in [2.45, 2.75) is 31.9 Å². The summed E-state index contributed by atoms with van der Waals surface area (Å²) in [4.78, 5) is 15.2. The van der Waals surface area contributed by atoms with E-state index in [2.05, 4.69) is 4.98 Å². The Hall–Kier alpha value is -2.02. The van der Waals surface area contributed by atoms with Gasteiger partial charge < -0.3 is 14.4 Å². The molecule has 0 bridgehead atoms. The number of hydrogen-bond donors (Lipinski definition) is 1. The normalized spacial score (nSPS) is 18.5. The van der Waals surface area contributed by atoms with E-state index < -0.39 is 17.6 Å². The van der Waals surface area contributed by atoms with E-state index in [1.807, 2.05) is 0 Å². The molecule has 1 aromatic carbocycles. The van der Waals surface area contributed by atoms with Gasteiger partial charge in [0, 0.05) is 25.2 Å². The number of benzene rings is 1. The van der Waals surface area contributed by atoms with Crippen molar-refractivity contribution in [1.82, 2.24) is 9.55 Å². The predicted octanol–water partition coefficient (Wildman–Crippen LogP) is 2.12. The zero-order chi connectivity index (χ0) is 15.0. The number of ether oxygens (including phenoxy) is 1. The van der Waals surface area contributed by atoms with Gasteiger partial charge in [-0.15, -0.1) is 0 Å². The van der Waals surface area contributed by atoms with E-state index in [1.165, 1.54) is 4.57 Å². The number of hydrogen-bond acceptors (Lipinski definition) is 3. The van der Waals surface area contributed by atoms with Crippen LogP contribution in [-0.2, 0) is 22.5 Å². The Bertz CT molecular complexity index is 693. The lowest BCUT2D eigenvalue weighted by Gasteiger charge is -2.10. The molecule has 2 aromatic rings. The number of rotatable bonds is 4. The van der Waals surface area contributed by atoms with E-state index in [0.717, 1.165) is 25.0 Å². The smallest absolute Gasteiger partial charge is 0.323 e. The van der Waals surface area contributed by atoms with Crippen LogP contribution in [0.1, 0.15) is 18.7 Å². The van der Waals surface area contributed by atoms with Crippen LogP contribution >= 0.6 is 0 Å². The molecule has 112 valence electrons. The molecule has 0 spiro atoms. The molecule has 0 saturated carbocycles. The van der Waals surface area contributed by atoms with Crippen molar-refractivity contribution in [2.24, 2.45) is 0 Å². The lowest BCUT2D eigenvalue weighted by atomic mass is 10.2. The minimum atomic E-state index is -1.06. The molecular weight excluding hydrogens is 282 g/mol. The Kier molecular flexibility index (Phi) is 3.59. The number of nitrogens with zero attached hydrogens (tertiary/aromatic N) is 2. The lowest BCUT2D eigenvalue weighted by Crippen LogP contribution is -2.17. The minimum Gasteiger partial charge on any atom is -0.480 e. The van der Waals surface area contributed by atoms with Crippen LogP contribution in [0.15, 0.2) is 12.1 Å². The molecule has 1 N–H and O–H groups in total. The third-order valence-electron chi connectivity index (χ3n) is 3.60. The van der Waals surface area contributed by atoms with Gasteiger partial charge >= 0.3 is 5.97 Å². The van der Waals surface area contributed by atoms with E-state index in [4.69, 9.17) is 9.84 Å². The summed E-state index contributed by atoms with van der Waals surface area (Å²) in [6, 6.07) is 1.97. The summed E-state index contributed by atoms with van der Waals surface area (Å²) in [7, 11) is 0. The maximum Gasteiger partial charge on any atom is 0.323 e. The second-order valence-corrected chi connectivity index (χ2v) is 5.10. The van der Waals surface area contributed by atoms with Gasteiger partial charge in [-0.05, 0) is 12.8 Å². The Labute approximate surface area is 119 Å². The summed E-state index contributed by atoms with van der Waals surface area (Å²) < 4.78 is 33.6. The van der Waals surface area contributed by atoms with Crippen molar-refractivity contribution in [1.29, 1.82) is 0 Å². The van der Waals surface area contributed by atoms with Crippen LogP contribution < -0.4 is 0 Å². The molecule has 1 saturated heterocycles. The Morgan fingerprint density at radius 2 is 2.19 bits per heavy atom. The zero-order valence-corrected chi connectivity index (χ0v) is 11.2. The van der Waals surface area contributed by atoms with Gasteiger partial charge in [-0.1, -0.05) is 0 Å². The van der Waals surface area contributed by atoms with Crippen LogP contribution in [-0.4, -0.2) is 33.3 Å². The molecule has 1 aliphatic heterocycles. The third-order valence-corrected chi connectivity index (χ3v) is 3.60. The van der Waals surface area contributed by atoms with E-state index in [9.17, 15) is 13.6 Å². The Morgan fingerprint density at radius 1 is 1.43 bits per heavy atom. The first-order valence-electron chi connectivity index (χ1n) is 6.72. The van der Waals surface area contributed by atoms with Gasteiger partial charge in [0.1, 0.15) is 12.4 Å². The van der Waals surface area contributed by atoms with Gasteiger partial charge in [-0.3, -0.25) is 4.79 Å². The van der Waals surface area contributed by atoms with Crippen molar-refractivity contribution in [3.63, 3.8) is 0 Å². The Morgan fingerprint density at radius 3 is 2.86 bits per heavy atom. The fourth-order valence-corrected chi connectivity index (χ4v) is 2.65. The summed E-state index contributed by atoms with van der Waals surface area (Å²) in [6.07, 6.45) is 2.24. The molecule has 5 nitrogen and oxygen atoms in total. The number of carbonyl (C=O) groups is 1. The number of halogens is 2. The maximum absolute atomic E-state index is 13.4. The highest BCUT2D eigenvalue weighted by Gasteiger charge is 2.22. The first kappa shape index (κ1) is 13.9. The molecule has 21 heavy (non-hydrogen) atoms. The molecule has 1 unspecified atom stereocenters. The average Bonchev–Trinajstić information content (AvgIpc) is 3.01. The molecule has 0 aliphatic carbocycles. The highest BCUT2D eigenvalue weighted by atomic mass is 19.2. The van der Waals surface area contributed by atoms with E-state index in [1.54, 1.807) is 0 Å². The molecule has 1 aliphatic rings. The second kappa shape index (κ2) is 5.40. The van der Waals surface area contributed by atoms with Crippen LogP contribution in [0.4, 0.5) is 8.78 Å².